The Morgan fingerprint density at radius 1 is 1.25 bits per heavy atom. The van der Waals surface area contributed by atoms with Crippen LogP contribution in [0.5, 0.6) is 0 Å². The predicted octanol–water partition coefficient (Wildman–Crippen LogP) is 2.34. The molecule has 0 unspecified atom stereocenters. The summed E-state index contributed by atoms with van der Waals surface area (Å²) in [5.41, 5.74) is 4.57. The zero-order valence-corrected chi connectivity index (χ0v) is 16.4. The summed E-state index contributed by atoms with van der Waals surface area (Å²) < 4.78 is 27.6. The number of benzene rings is 1. The number of aromatic nitrogens is 2. The van der Waals surface area contributed by atoms with Gasteiger partial charge in [0, 0.05) is 18.0 Å². The molecular formula is C18H22F2N4O3S. The molecule has 0 saturated heterocycles. The number of carbonyl (C=O) groups excluding carboxylic acids is 1. The Bertz CT molecular complexity index is 974. The normalized spacial score (nSPS) is 10.9. The first-order valence-corrected chi connectivity index (χ1v) is 9.79. The predicted molar refractivity (Wildman–Crippen MR) is 106 cm³/mol. The second kappa shape index (κ2) is 9.54. The molecule has 2 rings (SSSR count). The van der Waals surface area contributed by atoms with Crippen molar-refractivity contribution in [3.05, 3.63) is 50.7 Å². The van der Waals surface area contributed by atoms with Gasteiger partial charge in [-0.2, -0.15) is 0 Å². The molecule has 0 bridgehead atoms. The first-order valence-electron chi connectivity index (χ1n) is 8.80. The van der Waals surface area contributed by atoms with E-state index in [1.807, 2.05) is 6.92 Å². The summed E-state index contributed by atoms with van der Waals surface area (Å²) in [7, 11) is 0. The maximum atomic E-state index is 13.3. The van der Waals surface area contributed by atoms with Crippen LogP contribution in [0.25, 0.3) is 0 Å². The zero-order valence-electron chi connectivity index (χ0n) is 15.6. The molecular weight excluding hydrogens is 390 g/mol. The van der Waals surface area contributed by atoms with Gasteiger partial charge in [0.25, 0.3) is 5.56 Å². The number of rotatable bonds is 8. The van der Waals surface area contributed by atoms with E-state index in [2.05, 4.69) is 4.98 Å². The fourth-order valence-electron chi connectivity index (χ4n) is 2.63. The fourth-order valence-corrected chi connectivity index (χ4v) is 3.42. The van der Waals surface area contributed by atoms with Gasteiger partial charge in [-0.05, 0) is 31.5 Å². The summed E-state index contributed by atoms with van der Waals surface area (Å²) in [6.45, 7) is 4.09. The third-order valence-corrected chi connectivity index (χ3v) is 5.07. The van der Waals surface area contributed by atoms with Gasteiger partial charge in [-0.25, -0.2) is 13.6 Å². The van der Waals surface area contributed by atoms with Crippen molar-refractivity contribution in [2.24, 2.45) is 0 Å². The van der Waals surface area contributed by atoms with Crippen molar-refractivity contribution in [1.82, 2.24) is 9.55 Å². The molecule has 3 N–H and O–H groups in total. The Labute approximate surface area is 164 Å². The van der Waals surface area contributed by atoms with Crippen LogP contribution in [0, 0.1) is 11.6 Å². The van der Waals surface area contributed by atoms with E-state index in [4.69, 9.17) is 5.73 Å². The number of nitrogen functional groups attached to an aromatic ring is 1. The Morgan fingerprint density at radius 2 is 1.96 bits per heavy atom. The molecule has 1 aromatic carbocycles. The highest BCUT2D eigenvalue weighted by atomic mass is 32.2. The molecule has 1 amide bonds. The first kappa shape index (κ1) is 21.7. The van der Waals surface area contributed by atoms with Crippen LogP contribution in [0.2, 0.25) is 0 Å². The Morgan fingerprint density at radius 3 is 2.57 bits per heavy atom. The summed E-state index contributed by atoms with van der Waals surface area (Å²) in [6.07, 6.45) is 1.50. The van der Waals surface area contributed by atoms with Gasteiger partial charge in [0.05, 0.1) is 5.75 Å². The molecule has 0 radical (unpaired) electrons. The van der Waals surface area contributed by atoms with Gasteiger partial charge in [-0.15, -0.1) is 11.8 Å². The van der Waals surface area contributed by atoms with Gasteiger partial charge in [0.2, 0.25) is 5.91 Å². The molecule has 2 aromatic rings. The van der Waals surface area contributed by atoms with Crippen molar-refractivity contribution in [3.63, 3.8) is 0 Å². The van der Waals surface area contributed by atoms with Crippen molar-refractivity contribution in [1.29, 1.82) is 0 Å². The van der Waals surface area contributed by atoms with E-state index >= 15 is 0 Å². The quantitative estimate of drug-likeness (QED) is 0.648. The number of amides is 1. The molecule has 10 heteroatoms. The van der Waals surface area contributed by atoms with Gasteiger partial charge >= 0.3 is 5.69 Å². The van der Waals surface area contributed by atoms with E-state index in [1.54, 1.807) is 6.92 Å². The van der Waals surface area contributed by atoms with Gasteiger partial charge in [0.1, 0.15) is 5.82 Å². The van der Waals surface area contributed by atoms with E-state index in [0.29, 0.717) is 17.9 Å². The number of halogens is 2. The van der Waals surface area contributed by atoms with E-state index in [-0.39, 0.29) is 23.8 Å². The average Bonchev–Trinajstić information content (AvgIpc) is 2.65. The minimum Gasteiger partial charge on any atom is -0.383 e. The summed E-state index contributed by atoms with van der Waals surface area (Å²) in [6, 6.07) is 3.33. The second-order valence-corrected chi connectivity index (χ2v) is 7.05. The Balaban J connectivity index is 2.28. The largest absolute Gasteiger partial charge is 0.383 e. The summed E-state index contributed by atoms with van der Waals surface area (Å²) >= 11 is 1.00. The van der Waals surface area contributed by atoms with Crippen LogP contribution >= 0.6 is 11.8 Å². The Kier molecular flexibility index (Phi) is 7.38. The number of H-pyrrole nitrogens is 1. The number of hydrogen-bond donors (Lipinski definition) is 2. The molecule has 28 heavy (non-hydrogen) atoms. The van der Waals surface area contributed by atoms with Crippen molar-refractivity contribution in [2.45, 2.75) is 38.1 Å². The van der Waals surface area contributed by atoms with Gasteiger partial charge in [-0.1, -0.05) is 13.3 Å². The Hall–Kier alpha value is -2.62. The number of carbonyl (C=O) groups is 1. The number of nitrogens with two attached hydrogens (primary N) is 1. The first-order chi connectivity index (χ1) is 13.3. The number of aromatic amines is 1. The van der Waals surface area contributed by atoms with Crippen molar-refractivity contribution < 1.29 is 13.6 Å². The monoisotopic (exact) mass is 412 g/mol. The third-order valence-electron chi connectivity index (χ3n) is 4.09. The highest BCUT2D eigenvalue weighted by Crippen LogP contribution is 2.23. The van der Waals surface area contributed by atoms with Crippen LogP contribution < -0.4 is 21.9 Å². The van der Waals surface area contributed by atoms with Crippen LogP contribution in [0.1, 0.15) is 26.7 Å². The number of hydrogen-bond acceptors (Lipinski definition) is 5. The minimum absolute atomic E-state index is 0.0739. The number of thioether (sulfide) groups is 1. The van der Waals surface area contributed by atoms with Gasteiger partial charge < -0.3 is 10.6 Å². The van der Waals surface area contributed by atoms with Gasteiger partial charge in [-0.3, -0.25) is 19.1 Å². The molecule has 0 spiro atoms. The van der Waals surface area contributed by atoms with E-state index in [0.717, 1.165) is 30.3 Å². The SMILES string of the molecule is CCCCn1c(N)c(N(CC)C(=O)CSc2ccc(F)c(F)c2)c(=O)[nH]c1=O. The van der Waals surface area contributed by atoms with Crippen molar-refractivity contribution in [2.75, 3.05) is 22.9 Å². The van der Waals surface area contributed by atoms with Crippen LogP contribution in [0.3, 0.4) is 0 Å². The minimum atomic E-state index is -1.01. The smallest absolute Gasteiger partial charge is 0.330 e. The molecule has 0 fully saturated rings. The topological polar surface area (TPSA) is 101 Å². The molecule has 1 aromatic heterocycles. The lowest BCUT2D eigenvalue weighted by Gasteiger charge is -2.23. The second-order valence-electron chi connectivity index (χ2n) is 6.00. The van der Waals surface area contributed by atoms with Gasteiger partial charge in [0.15, 0.2) is 17.3 Å². The van der Waals surface area contributed by atoms with E-state index in [9.17, 15) is 23.2 Å². The maximum Gasteiger partial charge on any atom is 0.330 e. The standard InChI is InChI=1S/C18H22F2N4O3S/c1-3-5-8-24-16(21)15(17(26)22-18(24)27)23(4-2)14(25)10-28-11-6-7-12(19)13(20)9-11/h6-7,9H,3-5,8,10,21H2,1-2H3,(H,22,26,27). The highest BCUT2D eigenvalue weighted by Gasteiger charge is 2.23. The number of unbranched alkanes of at least 4 members (excludes halogenated alkanes) is 1. The molecule has 0 aliphatic rings. The number of nitrogens with one attached hydrogen (secondary N) is 1. The van der Waals surface area contributed by atoms with Crippen LogP contribution in [-0.2, 0) is 11.3 Å². The molecule has 1 heterocycles. The lowest BCUT2D eigenvalue weighted by Crippen LogP contribution is -2.41. The summed E-state index contributed by atoms with van der Waals surface area (Å²) in [5.74, 6) is -2.62. The average molecular weight is 412 g/mol. The molecule has 0 aliphatic carbocycles. The molecule has 0 atom stereocenters. The van der Waals surface area contributed by atoms with Crippen LogP contribution in [0.4, 0.5) is 20.3 Å². The molecule has 152 valence electrons. The summed E-state index contributed by atoms with van der Waals surface area (Å²) in [4.78, 5) is 40.7. The lowest BCUT2D eigenvalue weighted by atomic mass is 10.3. The zero-order chi connectivity index (χ0) is 20.8. The highest BCUT2D eigenvalue weighted by molar-refractivity contribution is 8.00. The maximum absolute atomic E-state index is 13.3. The third kappa shape index (κ3) is 4.80. The lowest BCUT2D eigenvalue weighted by molar-refractivity contribution is -0.116. The summed E-state index contributed by atoms with van der Waals surface area (Å²) in [5, 5.41) is 0. The fraction of sp³-hybridized carbons (Fsp3) is 0.389. The molecule has 0 saturated carbocycles. The van der Waals surface area contributed by atoms with Crippen LogP contribution in [0.15, 0.2) is 32.7 Å². The van der Waals surface area contributed by atoms with Crippen molar-refractivity contribution in [3.8, 4) is 0 Å². The molecule has 0 aliphatic heterocycles. The molecule has 7 nitrogen and oxygen atoms in total. The van der Waals surface area contributed by atoms with Crippen molar-refractivity contribution >= 4 is 29.2 Å². The number of nitrogens with zero attached hydrogens (tertiary/aromatic N) is 2. The number of anilines is 2. The van der Waals surface area contributed by atoms with E-state index < -0.39 is 28.8 Å². The van der Waals surface area contributed by atoms with E-state index in [1.165, 1.54) is 15.5 Å². The van der Waals surface area contributed by atoms with Crippen LogP contribution in [-0.4, -0.2) is 27.8 Å².